The van der Waals surface area contributed by atoms with Gasteiger partial charge in [0.25, 0.3) is 0 Å². The molecule has 1 unspecified atom stereocenters. The Balaban J connectivity index is 2.33. The standard InChI is InChI=1S/C15H15FIN/c1-2-18-15(11-3-7-13(16)8-4-11)12-5-9-14(17)10-6-12/h3-10,15,18H,2H2,1H3. The van der Waals surface area contributed by atoms with Crippen molar-refractivity contribution in [2.75, 3.05) is 6.54 Å². The molecule has 0 radical (unpaired) electrons. The van der Waals surface area contributed by atoms with Gasteiger partial charge in [0, 0.05) is 3.57 Å². The first-order valence-corrected chi connectivity index (χ1v) is 7.03. The molecule has 94 valence electrons. The van der Waals surface area contributed by atoms with E-state index in [0.717, 1.165) is 12.1 Å². The molecule has 18 heavy (non-hydrogen) atoms. The van der Waals surface area contributed by atoms with Gasteiger partial charge in [-0.05, 0) is 64.5 Å². The molecule has 0 amide bonds. The number of benzene rings is 2. The fourth-order valence-electron chi connectivity index (χ4n) is 1.94. The number of hydrogen-bond donors (Lipinski definition) is 1. The maximum atomic E-state index is 13.0. The predicted octanol–water partition coefficient (Wildman–Crippen LogP) is 4.13. The van der Waals surface area contributed by atoms with Crippen molar-refractivity contribution in [3.63, 3.8) is 0 Å². The molecule has 3 heteroatoms. The molecule has 0 aliphatic heterocycles. The van der Waals surface area contributed by atoms with E-state index >= 15 is 0 Å². The van der Waals surface area contributed by atoms with E-state index in [1.165, 1.54) is 21.3 Å². The van der Waals surface area contributed by atoms with Gasteiger partial charge in [-0.25, -0.2) is 4.39 Å². The fourth-order valence-corrected chi connectivity index (χ4v) is 2.30. The zero-order chi connectivity index (χ0) is 13.0. The Morgan fingerprint density at radius 3 is 2.00 bits per heavy atom. The number of halogens is 2. The Labute approximate surface area is 121 Å². The molecule has 2 aromatic rings. The van der Waals surface area contributed by atoms with E-state index in [4.69, 9.17) is 0 Å². The first-order valence-electron chi connectivity index (χ1n) is 5.95. The van der Waals surface area contributed by atoms with Gasteiger partial charge in [0.15, 0.2) is 0 Å². The Kier molecular flexibility index (Phi) is 4.72. The first-order chi connectivity index (χ1) is 8.70. The molecular formula is C15H15FIN. The minimum Gasteiger partial charge on any atom is -0.307 e. The van der Waals surface area contributed by atoms with Gasteiger partial charge in [0.05, 0.1) is 6.04 Å². The Hall–Kier alpha value is -0.940. The van der Waals surface area contributed by atoms with Gasteiger partial charge in [-0.15, -0.1) is 0 Å². The summed E-state index contributed by atoms with van der Waals surface area (Å²) in [6.07, 6.45) is 0. The van der Waals surface area contributed by atoms with Crippen LogP contribution in [0.1, 0.15) is 24.1 Å². The summed E-state index contributed by atoms with van der Waals surface area (Å²) < 4.78 is 14.2. The van der Waals surface area contributed by atoms with Crippen molar-refractivity contribution in [3.05, 3.63) is 69.0 Å². The number of nitrogens with one attached hydrogen (secondary N) is 1. The van der Waals surface area contributed by atoms with Crippen molar-refractivity contribution in [1.29, 1.82) is 0 Å². The van der Waals surface area contributed by atoms with Gasteiger partial charge in [-0.2, -0.15) is 0 Å². The Bertz CT molecular complexity index is 447. The lowest BCUT2D eigenvalue weighted by molar-refractivity contribution is 0.613. The summed E-state index contributed by atoms with van der Waals surface area (Å²) in [5.41, 5.74) is 2.28. The zero-order valence-electron chi connectivity index (χ0n) is 10.2. The topological polar surface area (TPSA) is 12.0 Å². The molecule has 0 aliphatic rings. The second-order valence-electron chi connectivity index (χ2n) is 4.09. The summed E-state index contributed by atoms with van der Waals surface area (Å²) in [5, 5.41) is 3.43. The van der Waals surface area contributed by atoms with Crippen LogP contribution in [-0.2, 0) is 0 Å². The van der Waals surface area contributed by atoms with Crippen LogP contribution in [0.3, 0.4) is 0 Å². The van der Waals surface area contributed by atoms with E-state index in [9.17, 15) is 4.39 Å². The summed E-state index contributed by atoms with van der Waals surface area (Å²) in [5.74, 6) is -0.198. The quantitative estimate of drug-likeness (QED) is 0.814. The van der Waals surface area contributed by atoms with E-state index in [1.54, 1.807) is 0 Å². The highest BCUT2D eigenvalue weighted by molar-refractivity contribution is 14.1. The van der Waals surface area contributed by atoms with Gasteiger partial charge in [0.2, 0.25) is 0 Å². The molecule has 0 heterocycles. The molecule has 0 aromatic heterocycles. The molecule has 2 rings (SSSR count). The second-order valence-corrected chi connectivity index (χ2v) is 5.34. The van der Waals surface area contributed by atoms with Crippen LogP contribution >= 0.6 is 22.6 Å². The van der Waals surface area contributed by atoms with Crippen LogP contribution in [0.25, 0.3) is 0 Å². The predicted molar refractivity (Wildman–Crippen MR) is 81.1 cm³/mol. The minimum atomic E-state index is -0.198. The highest BCUT2D eigenvalue weighted by atomic mass is 127. The van der Waals surface area contributed by atoms with Crippen molar-refractivity contribution >= 4 is 22.6 Å². The fraction of sp³-hybridized carbons (Fsp3) is 0.200. The monoisotopic (exact) mass is 355 g/mol. The molecule has 0 spiro atoms. The lowest BCUT2D eigenvalue weighted by Crippen LogP contribution is -2.21. The van der Waals surface area contributed by atoms with Crippen molar-refractivity contribution < 1.29 is 4.39 Å². The highest BCUT2D eigenvalue weighted by Crippen LogP contribution is 2.23. The first kappa shape index (κ1) is 13.5. The van der Waals surface area contributed by atoms with Crippen LogP contribution in [0.4, 0.5) is 4.39 Å². The minimum absolute atomic E-state index is 0.118. The van der Waals surface area contributed by atoms with Crippen molar-refractivity contribution in [2.24, 2.45) is 0 Å². The van der Waals surface area contributed by atoms with Gasteiger partial charge in [0.1, 0.15) is 5.82 Å². The summed E-state index contributed by atoms with van der Waals surface area (Å²) in [6.45, 7) is 2.94. The average molecular weight is 355 g/mol. The van der Waals surface area contributed by atoms with Crippen LogP contribution in [-0.4, -0.2) is 6.54 Å². The maximum absolute atomic E-state index is 13.0. The lowest BCUT2D eigenvalue weighted by Gasteiger charge is -2.19. The van der Waals surface area contributed by atoms with Crippen LogP contribution in [0.5, 0.6) is 0 Å². The Morgan fingerprint density at radius 2 is 1.50 bits per heavy atom. The third-order valence-electron chi connectivity index (χ3n) is 2.81. The van der Waals surface area contributed by atoms with Crippen molar-refractivity contribution in [3.8, 4) is 0 Å². The normalized spacial score (nSPS) is 12.4. The van der Waals surface area contributed by atoms with Crippen LogP contribution in [0.15, 0.2) is 48.5 Å². The molecule has 0 saturated carbocycles. The zero-order valence-corrected chi connectivity index (χ0v) is 12.3. The maximum Gasteiger partial charge on any atom is 0.123 e. The van der Waals surface area contributed by atoms with E-state index in [2.05, 4.69) is 59.1 Å². The molecule has 1 atom stereocenters. The van der Waals surface area contributed by atoms with E-state index in [-0.39, 0.29) is 11.9 Å². The lowest BCUT2D eigenvalue weighted by atomic mass is 9.99. The van der Waals surface area contributed by atoms with Crippen LogP contribution < -0.4 is 5.32 Å². The van der Waals surface area contributed by atoms with E-state index < -0.39 is 0 Å². The number of hydrogen-bond acceptors (Lipinski definition) is 1. The molecule has 2 aromatic carbocycles. The summed E-state index contributed by atoms with van der Waals surface area (Å²) >= 11 is 2.29. The van der Waals surface area contributed by atoms with E-state index in [0.29, 0.717) is 0 Å². The highest BCUT2D eigenvalue weighted by Gasteiger charge is 2.12. The van der Waals surface area contributed by atoms with Gasteiger partial charge in [-0.1, -0.05) is 31.2 Å². The summed E-state index contributed by atoms with van der Waals surface area (Å²) in [6, 6.07) is 15.2. The molecule has 0 aliphatic carbocycles. The summed E-state index contributed by atoms with van der Waals surface area (Å²) in [4.78, 5) is 0. The van der Waals surface area contributed by atoms with Gasteiger partial charge in [-0.3, -0.25) is 0 Å². The SMILES string of the molecule is CCNC(c1ccc(F)cc1)c1ccc(I)cc1. The van der Waals surface area contributed by atoms with Gasteiger partial charge < -0.3 is 5.32 Å². The molecule has 0 saturated heterocycles. The second kappa shape index (κ2) is 6.29. The van der Waals surface area contributed by atoms with Crippen molar-refractivity contribution in [2.45, 2.75) is 13.0 Å². The smallest absolute Gasteiger partial charge is 0.123 e. The van der Waals surface area contributed by atoms with Crippen LogP contribution in [0.2, 0.25) is 0 Å². The third kappa shape index (κ3) is 3.29. The molecule has 1 N–H and O–H groups in total. The largest absolute Gasteiger partial charge is 0.307 e. The molecule has 0 fully saturated rings. The van der Waals surface area contributed by atoms with E-state index in [1.807, 2.05) is 12.1 Å². The molecular weight excluding hydrogens is 340 g/mol. The number of rotatable bonds is 4. The summed E-state index contributed by atoms with van der Waals surface area (Å²) in [7, 11) is 0. The average Bonchev–Trinajstić information content (AvgIpc) is 2.39. The molecule has 1 nitrogen and oxygen atoms in total. The van der Waals surface area contributed by atoms with Crippen LogP contribution in [0, 0.1) is 9.39 Å². The molecule has 0 bridgehead atoms. The Morgan fingerprint density at radius 1 is 1.00 bits per heavy atom. The van der Waals surface area contributed by atoms with Crippen molar-refractivity contribution in [1.82, 2.24) is 5.32 Å². The van der Waals surface area contributed by atoms with Gasteiger partial charge >= 0.3 is 0 Å². The third-order valence-corrected chi connectivity index (χ3v) is 3.53.